The lowest BCUT2D eigenvalue weighted by Crippen LogP contribution is -1.99. The average molecular weight is 483 g/mol. The van der Waals surface area contributed by atoms with Crippen LogP contribution in [0.2, 0.25) is 0 Å². The second-order valence-electron chi connectivity index (χ2n) is 9.24. The third-order valence-corrected chi connectivity index (χ3v) is 6.32. The molecule has 0 aliphatic rings. The third kappa shape index (κ3) is 9.27. The fourth-order valence-corrected chi connectivity index (χ4v) is 4.18. The highest BCUT2D eigenvalue weighted by molar-refractivity contribution is 5.87. The molecule has 3 aromatic rings. The van der Waals surface area contributed by atoms with Crippen LogP contribution in [0, 0.1) is 11.8 Å². The number of aromatic carboxylic acids is 1. The van der Waals surface area contributed by atoms with Crippen LogP contribution in [0.15, 0.2) is 72.8 Å². The lowest BCUT2D eigenvalue weighted by molar-refractivity contribution is 0.0697. The van der Waals surface area contributed by atoms with Crippen LogP contribution in [0.3, 0.4) is 0 Å². The monoisotopic (exact) mass is 482 g/mol. The van der Waals surface area contributed by atoms with Crippen LogP contribution in [0.1, 0.15) is 92.6 Å². The molecule has 0 saturated heterocycles. The van der Waals surface area contributed by atoms with E-state index in [2.05, 4.69) is 37.0 Å². The Kier molecular flexibility index (Phi) is 11.6. The first-order valence-electron chi connectivity index (χ1n) is 13.3. The van der Waals surface area contributed by atoms with Crippen LogP contribution in [0.5, 0.6) is 5.75 Å². The van der Waals surface area contributed by atoms with Crippen molar-refractivity contribution in [3.63, 3.8) is 0 Å². The van der Waals surface area contributed by atoms with Gasteiger partial charge in [0.15, 0.2) is 0 Å². The Morgan fingerprint density at radius 2 is 1.22 bits per heavy atom. The topological polar surface area (TPSA) is 46.5 Å². The van der Waals surface area contributed by atoms with Gasteiger partial charge in [0.05, 0.1) is 12.2 Å². The molecule has 0 aromatic heterocycles. The van der Waals surface area contributed by atoms with Gasteiger partial charge in [-0.2, -0.15) is 0 Å². The molecule has 188 valence electrons. The summed E-state index contributed by atoms with van der Waals surface area (Å²) in [7, 11) is 0. The molecule has 0 saturated carbocycles. The van der Waals surface area contributed by atoms with E-state index in [1.807, 2.05) is 30.3 Å². The number of carboxylic acid groups (broad SMARTS) is 1. The quantitative estimate of drug-likeness (QED) is 0.184. The maximum Gasteiger partial charge on any atom is 0.335 e. The zero-order chi connectivity index (χ0) is 25.4. The molecule has 0 bridgehead atoms. The number of hydrogen-bond donors (Lipinski definition) is 1. The molecule has 1 N–H and O–H groups in total. The van der Waals surface area contributed by atoms with Crippen LogP contribution in [-0.4, -0.2) is 17.7 Å². The van der Waals surface area contributed by atoms with E-state index < -0.39 is 5.97 Å². The van der Waals surface area contributed by atoms with Crippen LogP contribution in [-0.2, 0) is 0 Å². The highest BCUT2D eigenvalue weighted by atomic mass is 16.5. The molecule has 3 aromatic carbocycles. The van der Waals surface area contributed by atoms with Gasteiger partial charge in [0.2, 0.25) is 0 Å². The Hall–Kier alpha value is -3.51. The first-order valence-corrected chi connectivity index (χ1v) is 13.3. The van der Waals surface area contributed by atoms with E-state index >= 15 is 0 Å². The Labute approximate surface area is 216 Å². The van der Waals surface area contributed by atoms with Gasteiger partial charge >= 0.3 is 5.97 Å². The van der Waals surface area contributed by atoms with Crippen molar-refractivity contribution >= 4 is 5.97 Å². The summed E-state index contributed by atoms with van der Waals surface area (Å²) in [5, 5.41) is 9.01. The van der Waals surface area contributed by atoms with Crippen molar-refractivity contribution in [2.45, 2.75) is 71.1 Å². The predicted molar refractivity (Wildman–Crippen MR) is 149 cm³/mol. The first kappa shape index (κ1) is 27.1. The molecule has 0 atom stereocenters. The molecule has 3 rings (SSSR count). The number of carboxylic acids is 1. The van der Waals surface area contributed by atoms with Crippen LogP contribution in [0.25, 0.3) is 11.1 Å². The molecule has 36 heavy (non-hydrogen) atoms. The fourth-order valence-electron chi connectivity index (χ4n) is 4.18. The van der Waals surface area contributed by atoms with Crippen molar-refractivity contribution in [2.24, 2.45) is 0 Å². The minimum atomic E-state index is -0.933. The Morgan fingerprint density at radius 3 is 1.81 bits per heavy atom. The van der Waals surface area contributed by atoms with Crippen molar-refractivity contribution in [1.82, 2.24) is 0 Å². The van der Waals surface area contributed by atoms with Crippen LogP contribution < -0.4 is 4.74 Å². The number of hydrogen-bond acceptors (Lipinski definition) is 2. The summed E-state index contributed by atoms with van der Waals surface area (Å²) in [5.41, 5.74) is 4.15. The number of unbranched alkanes of at least 4 members (excludes halogenated alkanes) is 9. The number of ether oxygens (including phenoxy) is 1. The van der Waals surface area contributed by atoms with Gasteiger partial charge in [0.25, 0.3) is 0 Å². The van der Waals surface area contributed by atoms with E-state index in [0.717, 1.165) is 41.0 Å². The minimum Gasteiger partial charge on any atom is -0.493 e. The van der Waals surface area contributed by atoms with E-state index in [0.29, 0.717) is 0 Å². The summed E-state index contributed by atoms with van der Waals surface area (Å²) in [6.07, 6.45) is 13.2. The van der Waals surface area contributed by atoms with E-state index in [4.69, 9.17) is 9.84 Å². The molecular formula is C33H38O3. The van der Waals surface area contributed by atoms with Crippen molar-refractivity contribution < 1.29 is 14.6 Å². The summed E-state index contributed by atoms with van der Waals surface area (Å²) in [5.74, 6) is 6.23. The smallest absolute Gasteiger partial charge is 0.335 e. The van der Waals surface area contributed by atoms with Crippen molar-refractivity contribution in [2.75, 3.05) is 6.61 Å². The highest BCUT2D eigenvalue weighted by Crippen LogP contribution is 2.30. The molecule has 0 radical (unpaired) electrons. The number of benzene rings is 3. The second-order valence-corrected chi connectivity index (χ2v) is 9.24. The Balaban J connectivity index is 1.46. The molecule has 0 amide bonds. The molecule has 0 heterocycles. The molecule has 0 unspecified atom stereocenters. The third-order valence-electron chi connectivity index (χ3n) is 6.32. The van der Waals surface area contributed by atoms with Crippen LogP contribution in [0.4, 0.5) is 0 Å². The number of rotatable bonds is 14. The standard InChI is InChI=1S/C33H38O3/c1-2-3-4-5-6-7-8-9-10-13-26-36-32-15-12-11-14-31(32)29-22-18-27(19-23-29)16-17-28-20-24-30(25-21-28)33(34)35/h11-12,14-15,18-25H,2-10,13,26H2,1H3,(H,34,35). The predicted octanol–water partition coefficient (Wildman–Crippen LogP) is 8.75. The van der Waals surface area contributed by atoms with Crippen molar-refractivity contribution in [1.29, 1.82) is 0 Å². The van der Waals surface area contributed by atoms with Gasteiger partial charge in [0.1, 0.15) is 5.75 Å². The summed E-state index contributed by atoms with van der Waals surface area (Å²) < 4.78 is 6.16. The zero-order valence-corrected chi connectivity index (χ0v) is 21.5. The lowest BCUT2D eigenvalue weighted by Gasteiger charge is -2.12. The Bertz CT molecular complexity index is 1120. The largest absolute Gasteiger partial charge is 0.493 e. The summed E-state index contributed by atoms with van der Waals surface area (Å²) in [6, 6.07) is 23.0. The number of carbonyl (C=O) groups is 1. The lowest BCUT2D eigenvalue weighted by atomic mass is 10.0. The second kappa shape index (κ2) is 15.5. The fraction of sp³-hybridized carbons (Fsp3) is 0.364. The highest BCUT2D eigenvalue weighted by Gasteiger charge is 2.06. The number of para-hydroxylation sites is 1. The van der Waals surface area contributed by atoms with Crippen molar-refractivity contribution in [3.05, 3.63) is 89.5 Å². The normalized spacial score (nSPS) is 10.5. The van der Waals surface area contributed by atoms with Gasteiger partial charge in [-0.3, -0.25) is 0 Å². The molecule has 0 fully saturated rings. The van der Waals surface area contributed by atoms with Gasteiger partial charge in [0, 0.05) is 16.7 Å². The van der Waals surface area contributed by atoms with E-state index in [1.165, 1.54) is 57.8 Å². The molecule has 0 spiro atoms. The molecule has 0 aliphatic heterocycles. The minimum absolute atomic E-state index is 0.263. The zero-order valence-electron chi connectivity index (χ0n) is 21.5. The van der Waals surface area contributed by atoms with E-state index in [1.54, 1.807) is 24.3 Å². The van der Waals surface area contributed by atoms with Crippen molar-refractivity contribution in [3.8, 4) is 28.7 Å². The van der Waals surface area contributed by atoms with Gasteiger partial charge < -0.3 is 9.84 Å². The maximum atomic E-state index is 11.0. The maximum absolute atomic E-state index is 11.0. The SMILES string of the molecule is CCCCCCCCCCCCOc1ccccc1-c1ccc(C#Cc2ccc(C(=O)O)cc2)cc1. The summed E-state index contributed by atoms with van der Waals surface area (Å²) >= 11 is 0. The average Bonchev–Trinajstić information content (AvgIpc) is 2.91. The van der Waals surface area contributed by atoms with Gasteiger partial charge in [-0.1, -0.05) is 107 Å². The summed E-state index contributed by atoms with van der Waals surface area (Å²) in [4.78, 5) is 11.0. The van der Waals surface area contributed by atoms with E-state index in [-0.39, 0.29) is 5.56 Å². The molecule has 3 nitrogen and oxygen atoms in total. The van der Waals surface area contributed by atoms with Gasteiger partial charge in [-0.15, -0.1) is 0 Å². The van der Waals surface area contributed by atoms with Gasteiger partial charge in [-0.05, 0) is 54.4 Å². The summed E-state index contributed by atoms with van der Waals surface area (Å²) in [6.45, 7) is 3.01. The molecule has 0 aliphatic carbocycles. The molecule has 3 heteroatoms. The first-order chi connectivity index (χ1) is 17.7. The van der Waals surface area contributed by atoms with E-state index in [9.17, 15) is 4.79 Å². The molecular weight excluding hydrogens is 444 g/mol. The van der Waals surface area contributed by atoms with Gasteiger partial charge in [-0.25, -0.2) is 4.79 Å². The Morgan fingerprint density at radius 1 is 0.694 bits per heavy atom. The van der Waals surface area contributed by atoms with Crippen LogP contribution >= 0.6 is 0 Å².